The van der Waals surface area contributed by atoms with Crippen LogP contribution in [0.5, 0.6) is 5.75 Å². The molecule has 0 aromatic heterocycles. The zero-order valence-electron chi connectivity index (χ0n) is 13.2. The second-order valence-corrected chi connectivity index (χ2v) is 11.1. The molecule has 0 atom stereocenters. The van der Waals surface area contributed by atoms with Gasteiger partial charge in [-0.25, -0.2) is 4.79 Å². The molecule has 0 N–H and O–H groups in total. The Morgan fingerprint density at radius 1 is 1.30 bits per heavy atom. The Balaban J connectivity index is 3.23. The van der Waals surface area contributed by atoms with Gasteiger partial charge >= 0.3 is 5.97 Å². The molecule has 5 heteroatoms. The number of rotatable bonds is 4. The topological polar surface area (TPSA) is 35.5 Å². The molecule has 2 radical (unpaired) electrons. The maximum Gasteiger partial charge on any atom is 0.338 e. The molecule has 1 rings (SSSR count). The maximum atomic E-state index is 11.8. The molecular formula is C15H23BO3Si. The van der Waals surface area contributed by atoms with Crippen molar-refractivity contribution < 1.29 is 14.0 Å². The van der Waals surface area contributed by atoms with Gasteiger partial charge in [-0.05, 0) is 35.8 Å². The highest BCUT2D eigenvalue weighted by atomic mass is 28.4. The third-order valence-electron chi connectivity index (χ3n) is 3.91. The number of benzene rings is 1. The quantitative estimate of drug-likeness (QED) is 0.628. The van der Waals surface area contributed by atoms with Crippen molar-refractivity contribution in [2.24, 2.45) is 0 Å². The van der Waals surface area contributed by atoms with Gasteiger partial charge < -0.3 is 9.16 Å². The number of hydrogen-bond acceptors (Lipinski definition) is 3. The van der Waals surface area contributed by atoms with Crippen LogP contribution in [0.3, 0.4) is 0 Å². The summed E-state index contributed by atoms with van der Waals surface area (Å²) in [6.45, 7) is 10.8. The highest BCUT2D eigenvalue weighted by Gasteiger charge is 2.39. The molecule has 0 aliphatic rings. The normalized spacial score (nSPS) is 12.1. The average Bonchev–Trinajstić information content (AvgIpc) is 2.35. The molecule has 0 saturated heterocycles. The minimum Gasteiger partial charge on any atom is -0.543 e. The summed E-state index contributed by atoms with van der Waals surface area (Å²) in [5.41, 5.74) is 1.19. The van der Waals surface area contributed by atoms with Crippen molar-refractivity contribution in [3.05, 3.63) is 29.3 Å². The molecule has 0 unspecified atom stereocenters. The zero-order chi connectivity index (χ0) is 15.6. The number of carbonyl (C=O) groups excluding carboxylic acids is 1. The Hall–Kier alpha value is -1.23. The van der Waals surface area contributed by atoms with E-state index in [9.17, 15) is 4.79 Å². The van der Waals surface area contributed by atoms with E-state index in [0.717, 1.165) is 0 Å². The van der Waals surface area contributed by atoms with Crippen molar-refractivity contribution in [3.8, 4) is 5.75 Å². The highest BCUT2D eigenvalue weighted by molar-refractivity contribution is 6.74. The molecule has 108 valence electrons. The fourth-order valence-electron chi connectivity index (χ4n) is 1.60. The Morgan fingerprint density at radius 3 is 2.35 bits per heavy atom. The van der Waals surface area contributed by atoms with Crippen LogP contribution in [0.2, 0.25) is 18.1 Å². The Kier molecular flexibility index (Phi) is 5.08. The molecule has 20 heavy (non-hydrogen) atoms. The molecule has 0 aliphatic heterocycles. The predicted molar refractivity (Wildman–Crippen MR) is 85.1 cm³/mol. The van der Waals surface area contributed by atoms with Crippen LogP contribution in [0.4, 0.5) is 0 Å². The molecule has 1 aromatic carbocycles. The van der Waals surface area contributed by atoms with Crippen LogP contribution in [0.25, 0.3) is 0 Å². The van der Waals surface area contributed by atoms with Gasteiger partial charge in [0, 0.05) is 0 Å². The molecule has 0 bridgehead atoms. The summed E-state index contributed by atoms with van der Waals surface area (Å²) in [6.07, 6.45) is 0.245. The standard InChI is InChI=1S/C15H23BO3Si/c1-15(2,3)20(5,6)19-13-9-7-8-11(12(13)10-16)14(17)18-4/h7-9H,10H2,1-6H3. The average molecular weight is 290 g/mol. The van der Waals surface area contributed by atoms with Gasteiger partial charge in [0.1, 0.15) is 5.75 Å². The lowest BCUT2D eigenvalue weighted by atomic mass is 9.92. The van der Waals surface area contributed by atoms with E-state index >= 15 is 0 Å². The van der Waals surface area contributed by atoms with Crippen molar-refractivity contribution in [3.63, 3.8) is 0 Å². The Labute approximate surface area is 124 Å². The minimum absolute atomic E-state index is 0.0835. The van der Waals surface area contributed by atoms with Gasteiger partial charge in [-0.2, -0.15) is 0 Å². The van der Waals surface area contributed by atoms with Crippen molar-refractivity contribution in [2.45, 2.75) is 45.2 Å². The van der Waals surface area contributed by atoms with Crippen LogP contribution in [-0.2, 0) is 11.1 Å². The lowest BCUT2D eigenvalue weighted by Crippen LogP contribution is -2.44. The predicted octanol–water partition coefficient (Wildman–Crippen LogP) is 3.53. The second kappa shape index (κ2) is 6.04. The van der Waals surface area contributed by atoms with Gasteiger partial charge in [-0.15, -0.1) is 0 Å². The van der Waals surface area contributed by atoms with Gasteiger partial charge in [-0.1, -0.05) is 33.2 Å². The van der Waals surface area contributed by atoms with E-state index in [4.69, 9.17) is 17.0 Å². The van der Waals surface area contributed by atoms with Crippen LogP contribution in [-0.4, -0.2) is 29.2 Å². The number of esters is 1. The van der Waals surface area contributed by atoms with E-state index in [0.29, 0.717) is 16.9 Å². The lowest BCUT2D eigenvalue weighted by Gasteiger charge is -2.37. The number of carbonyl (C=O) groups is 1. The molecule has 3 nitrogen and oxygen atoms in total. The summed E-state index contributed by atoms with van der Waals surface area (Å²) in [4.78, 5) is 11.8. The fraction of sp³-hybridized carbons (Fsp3) is 0.533. The third-order valence-corrected chi connectivity index (χ3v) is 8.26. The monoisotopic (exact) mass is 290 g/mol. The van der Waals surface area contributed by atoms with E-state index < -0.39 is 8.32 Å². The van der Waals surface area contributed by atoms with Crippen LogP contribution >= 0.6 is 0 Å². The summed E-state index contributed by atoms with van der Waals surface area (Å²) in [6, 6.07) is 5.38. The largest absolute Gasteiger partial charge is 0.543 e. The first kappa shape index (κ1) is 16.8. The zero-order valence-corrected chi connectivity index (χ0v) is 14.2. The maximum absolute atomic E-state index is 11.8. The van der Waals surface area contributed by atoms with Crippen LogP contribution in [0.1, 0.15) is 36.7 Å². The van der Waals surface area contributed by atoms with Gasteiger partial charge in [-0.3, -0.25) is 0 Å². The fourth-order valence-corrected chi connectivity index (χ4v) is 2.65. The van der Waals surface area contributed by atoms with Crippen molar-refractivity contribution in [1.82, 2.24) is 0 Å². The highest BCUT2D eigenvalue weighted by Crippen LogP contribution is 2.38. The SMILES string of the molecule is [B]Cc1c(O[Si](C)(C)C(C)(C)C)cccc1C(=O)OC. The molecule has 0 amide bonds. The number of hydrogen-bond donors (Lipinski definition) is 0. The lowest BCUT2D eigenvalue weighted by molar-refractivity contribution is 0.0599. The van der Waals surface area contributed by atoms with Crippen molar-refractivity contribution in [2.75, 3.05) is 7.11 Å². The number of ether oxygens (including phenoxy) is 1. The number of methoxy groups -OCH3 is 1. The minimum atomic E-state index is -1.97. The molecule has 0 heterocycles. The molecule has 0 aliphatic carbocycles. The van der Waals surface area contributed by atoms with E-state index in [1.165, 1.54) is 7.11 Å². The van der Waals surface area contributed by atoms with Crippen LogP contribution in [0.15, 0.2) is 18.2 Å². The molecule has 0 spiro atoms. The first-order valence-electron chi connectivity index (χ1n) is 6.73. The Morgan fingerprint density at radius 2 is 1.90 bits per heavy atom. The summed E-state index contributed by atoms with van der Waals surface area (Å²) in [7, 11) is 5.20. The van der Waals surface area contributed by atoms with Gasteiger partial charge in [0.15, 0.2) is 0 Å². The van der Waals surface area contributed by atoms with Crippen molar-refractivity contribution >= 4 is 22.1 Å². The summed E-state index contributed by atoms with van der Waals surface area (Å²) < 4.78 is 11.1. The van der Waals surface area contributed by atoms with E-state index in [-0.39, 0.29) is 17.3 Å². The molecular weight excluding hydrogens is 267 g/mol. The molecule has 0 saturated carbocycles. The first-order valence-corrected chi connectivity index (χ1v) is 9.64. The summed E-state index contributed by atoms with van der Waals surface area (Å²) in [5.74, 6) is 0.313. The van der Waals surface area contributed by atoms with Crippen LogP contribution in [0, 0.1) is 0 Å². The Bertz CT molecular complexity index is 492. The summed E-state index contributed by atoms with van der Waals surface area (Å²) >= 11 is 0. The van der Waals surface area contributed by atoms with Gasteiger partial charge in [0.2, 0.25) is 8.32 Å². The van der Waals surface area contributed by atoms with E-state index in [1.807, 2.05) is 6.07 Å². The first-order chi connectivity index (χ1) is 9.14. The second-order valence-electron chi connectivity index (χ2n) is 6.34. The molecule has 1 aromatic rings. The molecule has 0 fully saturated rings. The third kappa shape index (κ3) is 3.45. The summed E-state index contributed by atoms with van der Waals surface area (Å²) in [5, 5.41) is 0.0835. The van der Waals surface area contributed by atoms with E-state index in [2.05, 4.69) is 33.9 Å². The van der Waals surface area contributed by atoms with Crippen LogP contribution < -0.4 is 4.43 Å². The van der Waals surface area contributed by atoms with Gasteiger partial charge in [0.05, 0.1) is 20.5 Å². The van der Waals surface area contributed by atoms with E-state index in [1.54, 1.807) is 12.1 Å². The van der Waals surface area contributed by atoms with Crippen molar-refractivity contribution in [1.29, 1.82) is 0 Å². The smallest absolute Gasteiger partial charge is 0.338 e. The van der Waals surface area contributed by atoms with Gasteiger partial charge in [0.25, 0.3) is 0 Å².